The van der Waals surface area contributed by atoms with Gasteiger partial charge in [-0.3, -0.25) is 0 Å². The third-order valence-electron chi connectivity index (χ3n) is 3.46. The van der Waals surface area contributed by atoms with Crippen LogP contribution in [0.4, 0.5) is 5.82 Å². The van der Waals surface area contributed by atoms with E-state index in [9.17, 15) is 5.11 Å². The number of aliphatic hydroxyl groups excluding tert-OH is 2. The van der Waals surface area contributed by atoms with Crippen molar-refractivity contribution in [3.05, 3.63) is 6.33 Å². The fourth-order valence-corrected chi connectivity index (χ4v) is 2.54. The molecule has 0 bridgehead atoms. The minimum absolute atomic E-state index is 0.254. The van der Waals surface area contributed by atoms with Gasteiger partial charge in [-0.15, -0.1) is 0 Å². The third-order valence-corrected chi connectivity index (χ3v) is 3.46. The van der Waals surface area contributed by atoms with Crippen LogP contribution < -0.4 is 10.5 Å². The van der Waals surface area contributed by atoms with Crippen molar-refractivity contribution in [2.24, 2.45) is 0 Å². The number of nitrogens with zero attached hydrogens (tertiary/aromatic N) is 4. The summed E-state index contributed by atoms with van der Waals surface area (Å²) in [5.41, 5.74) is 6.64. The van der Waals surface area contributed by atoms with Crippen LogP contribution >= 0.6 is 0 Å². The first-order valence-corrected chi connectivity index (χ1v) is 5.80. The number of nitrogens with two attached hydrogens (primary N) is 1. The molecule has 0 amide bonds. The van der Waals surface area contributed by atoms with E-state index < -0.39 is 24.5 Å². The lowest BCUT2D eigenvalue weighted by molar-refractivity contribution is -0.0419. The van der Waals surface area contributed by atoms with E-state index in [4.69, 9.17) is 20.3 Å². The fourth-order valence-electron chi connectivity index (χ4n) is 2.54. The summed E-state index contributed by atoms with van der Waals surface area (Å²) in [5, 5.41) is 19.1. The summed E-state index contributed by atoms with van der Waals surface area (Å²) in [6.07, 6.45) is -1.43. The van der Waals surface area contributed by atoms with E-state index in [0.29, 0.717) is 11.2 Å². The molecule has 0 saturated carbocycles. The molecule has 9 heteroatoms. The number of rotatable bonds is 1. The van der Waals surface area contributed by atoms with Crippen LogP contribution in [0.1, 0.15) is 6.23 Å². The molecule has 4 N–H and O–H groups in total. The van der Waals surface area contributed by atoms with Gasteiger partial charge in [-0.1, -0.05) is 0 Å². The van der Waals surface area contributed by atoms with E-state index in [1.54, 1.807) is 4.57 Å². The molecule has 2 aliphatic heterocycles. The summed E-state index contributed by atoms with van der Waals surface area (Å²) < 4.78 is 12.8. The second-order valence-electron chi connectivity index (χ2n) is 4.52. The average Bonchev–Trinajstić information content (AvgIpc) is 3.00. The van der Waals surface area contributed by atoms with Gasteiger partial charge in [0.1, 0.15) is 18.5 Å². The Morgan fingerprint density at radius 3 is 3.05 bits per heavy atom. The Bertz CT molecular complexity index is 659. The van der Waals surface area contributed by atoms with E-state index in [2.05, 4.69) is 15.0 Å². The molecular weight excluding hydrogens is 254 g/mol. The standard InChI is InChI=1S/C10H11N5O4/c11-7-4-8(13-2-12-7)15-9-6(19-10(15)14-4)5(17)3(1-16)18-9/h2-3,5-6,9,16-17H,1H2,(H2,11,12,13)/t3-,5+,6+,9+/m1/s1. The molecule has 4 rings (SSSR count). The van der Waals surface area contributed by atoms with Crippen molar-refractivity contribution in [3.8, 4) is 6.01 Å². The SMILES string of the molecule is Nc1ncnc2c1nc1n2[C@H]2O[C@H](CO)[C@H](O)[C@@H]2O1. The van der Waals surface area contributed by atoms with E-state index in [-0.39, 0.29) is 18.4 Å². The summed E-state index contributed by atoms with van der Waals surface area (Å²) >= 11 is 0. The topological polar surface area (TPSA) is 129 Å². The third kappa shape index (κ3) is 1.26. The Balaban J connectivity index is 1.86. The second kappa shape index (κ2) is 3.53. The number of anilines is 1. The molecule has 0 aliphatic carbocycles. The molecule has 4 heterocycles. The molecule has 0 spiro atoms. The van der Waals surface area contributed by atoms with Gasteiger partial charge in [-0.2, -0.15) is 4.98 Å². The van der Waals surface area contributed by atoms with E-state index in [1.165, 1.54) is 6.33 Å². The van der Waals surface area contributed by atoms with Crippen LogP contribution in [0.5, 0.6) is 6.01 Å². The molecule has 1 saturated heterocycles. The van der Waals surface area contributed by atoms with Crippen molar-refractivity contribution in [2.75, 3.05) is 12.3 Å². The summed E-state index contributed by atoms with van der Waals surface area (Å²) in [4.78, 5) is 12.2. The molecule has 0 aromatic carbocycles. The summed E-state index contributed by atoms with van der Waals surface area (Å²) in [6.45, 7) is -0.281. The first-order chi connectivity index (χ1) is 9.20. The zero-order chi connectivity index (χ0) is 13.1. The predicted molar refractivity (Wildman–Crippen MR) is 61.2 cm³/mol. The molecule has 9 nitrogen and oxygen atoms in total. The van der Waals surface area contributed by atoms with Crippen LogP contribution in [0.3, 0.4) is 0 Å². The minimum atomic E-state index is -0.911. The summed E-state index contributed by atoms with van der Waals surface area (Å²) in [6, 6.07) is 0.285. The fraction of sp³-hybridized carbons (Fsp3) is 0.500. The molecule has 2 aromatic rings. The molecular formula is C10H11N5O4. The van der Waals surface area contributed by atoms with Crippen LogP contribution in [-0.4, -0.2) is 54.7 Å². The van der Waals surface area contributed by atoms with E-state index in [0.717, 1.165) is 0 Å². The van der Waals surface area contributed by atoms with Crippen LogP contribution in [0.15, 0.2) is 6.33 Å². The Hall–Kier alpha value is -1.97. The van der Waals surface area contributed by atoms with Crippen molar-refractivity contribution in [2.45, 2.75) is 24.5 Å². The number of aromatic nitrogens is 4. The first-order valence-electron chi connectivity index (χ1n) is 5.80. The number of imidazole rings is 1. The molecule has 19 heavy (non-hydrogen) atoms. The highest BCUT2D eigenvalue weighted by molar-refractivity contribution is 5.82. The monoisotopic (exact) mass is 265 g/mol. The Kier molecular flexibility index (Phi) is 2.03. The lowest BCUT2D eigenvalue weighted by Gasteiger charge is -2.13. The molecule has 2 aliphatic rings. The van der Waals surface area contributed by atoms with Gasteiger partial charge in [0, 0.05) is 0 Å². The largest absolute Gasteiger partial charge is 0.454 e. The Morgan fingerprint density at radius 1 is 1.42 bits per heavy atom. The molecule has 1 fully saturated rings. The number of nitrogen functional groups attached to an aromatic ring is 1. The van der Waals surface area contributed by atoms with Crippen LogP contribution in [0.25, 0.3) is 11.2 Å². The maximum absolute atomic E-state index is 9.97. The normalized spacial score (nSPS) is 32.3. The van der Waals surface area contributed by atoms with E-state index >= 15 is 0 Å². The van der Waals surface area contributed by atoms with E-state index in [1.807, 2.05) is 0 Å². The van der Waals surface area contributed by atoms with Gasteiger partial charge in [0.25, 0.3) is 0 Å². The maximum Gasteiger partial charge on any atom is 0.301 e. The molecule has 4 atom stereocenters. The Labute approximate surface area is 106 Å². The van der Waals surface area contributed by atoms with Gasteiger partial charge < -0.3 is 25.4 Å². The number of hydrogen-bond donors (Lipinski definition) is 3. The maximum atomic E-state index is 9.97. The Morgan fingerprint density at radius 2 is 2.26 bits per heavy atom. The smallest absolute Gasteiger partial charge is 0.301 e. The van der Waals surface area contributed by atoms with Crippen LogP contribution in [-0.2, 0) is 4.74 Å². The van der Waals surface area contributed by atoms with Gasteiger partial charge in [-0.05, 0) is 0 Å². The van der Waals surface area contributed by atoms with Crippen molar-refractivity contribution >= 4 is 17.0 Å². The quantitative estimate of drug-likeness (QED) is 0.563. The van der Waals surface area contributed by atoms with Crippen molar-refractivity contribution in [1.82, 2.24) is 19.5 Å². The number of aliphatic hydroxyl groups is 2. The summed E-state index contributed by atoms with van der Waals surface area (Å²) in [7, 11) is 0. The van der Waals surface area contributed by atoms with Gasteiger partial charge in [-0.25, -0.2) is 14.5 Å². The lowest BCUT2D eigenvalue weighted by Crippen LogP contribution is -2.34. The zero-order valence-electron chi connectivity index (χ0n) is 9.67. The number of fused-ring (bicyclic) bond motifs is 5. The highest BCUT2D eigenvalue weighted by atomic mass is 16.6. The second-order valence-corrected chi connectivity index (χ2v) is 4.52. The summed E-state index contributed by atoms with van der Waals surface area (Å²) in [5.74, 6) is 0.254. The van der Waals surface area contributed by atoms with Gasteiger partial charge in [0.2, 0.25) is 0 Å². The lowest BCUT2D eigenvalue weighted by atomic mass is 10.1. The van der Waals surface area contributed by atoms with Crippen LogP contribution in [0.2, 0.25) is 0 Å². The van der Waals surface area contributed by atoms with Crippen molar-refractivity contribution < 1.29 is 19.7 Å². The molecule has 0 radical (unpaired) electrons. The average molecular weight is 265 g/mol. The zero-order valence-corrected chi connectivity index (χ0v) is 9.67. The molecule has 0 unspecified atom stereocenters. The van der Waals surface area contributed by atoms with Gasteiger partial charge >= 0.3 is 6.01 Å². The minimum Gasteiger partial charge on any atom is -0.454 e. The van der Waals surface area contributed by atoms with Crippen LogP contribution in [0, 0.1) is 0 Å². The van der Waals surface area contributed by atoms with Crippen molar-refractivity contribution in [1.29, 1.82) is 0 Å². The van der Waals surface area contributed by atoms with Gasteiger partial charge in [0.05, 0.1) is 6.61 Å². The molecule has 2 aromatic heterocycles. The number of ether oxygens (including phenoxy) is 2. The highest BCUT2D eigenvalue weighted by Crippen LogP contribution is 2.42. The number of hydrogen-bond acceptors (Lipinski definition) is 8. The predicted octanol–water partition coefficient (Wildman–Crippen LogP) is -1.58. The van der Waals surface area contributed by atoms with Crippen molar-refractivity contribution in [3.63, 3.8) is 0 Å². The molecule has 100 valence electrons. The first kappa shape index (κ1) is 10.9. The highest BCUT2D eigenvalue weighted by Gasteiger charge is 2.52. The van der Waals surface area contributed by atoms with Gasteiger partial charge in [0.15, 0.2) is 29.3 Å².